The van der Waals surface area contributed by atoms with Gasteiger partial charge in [-0.05, 0) is 51.2 Å². The molecule has 0 aliphatic rings. The Labute approximate surface area is 273 Å². The number of hydrogen-bond acceptors (Lipinski definition) is 4. The Morgan fingerprint density at radius 3 is 1.72 bits per heavy atom. The summed E-state index contributed by atoms with van der Waals surface area (Å²) in [6.45, 7) is 0. The number of aromatic nitrogens is 3. The molecule has 0 unspecified atom stereocenters. The molecule has 2 aromatic heterocycles. The van der Waals surface area contributed by atoms with Crippen LogP contribution in [0.4, 0.5) is 0 Å². The van der Waals surface area contributed by atoms with Crippen LogP contribution in [0, 0.1) is 0 Å². The average molecular weight is 603 g/mol. The molecule has 9 rings (SSSR count). The second-order valence-electron chi connectivity index (χ2n) is 11.6. The van der Waals surface area contributed by atoms with Gasteiger partial charge in [-0.1, -0.05) is 146 Å². The molecule has 0 amide bonds. The van der Waals surface area contributed by atoms with E-state index in [1.54, 1.807) is 6.07 Å². The molecule has 47 heavy (non-hydrogen) atoms. The number of nitrogens with zero attached hydrogens (tertiary/aromatic N) is 3. The number of para-hydroxylation sites is 1. The van der Waals surface area contributed by atoms with E-state index < -0.39 is 0 Å². The molecule has 0 fully saturated rings. The summed E-state index contributed by atoms with van der Waals surface area (Å²) in [5.41, 5.74) is 8.73. The summed E-state index contributed by atoms with van der Waals surface area (Å²) >= 11 is 0. The molecular formula is C43H27N3O. The number of rotatable bonds is 5. The van der Waals surface area contributed by atoms with Crippen molar-refractivity contribution in [2.75, 3.05) is 0 Å². The van der Waals surface area contributed by atoms with E-state index in [2.05, 4.69) is 103 Å². The molecular weight excluding hydrogens is 574 g/mol. The molecule has 7 aromatic carbocycles. The van der Waals surface area contributed by atoms with Crippen LogP contribution in [0.25, 0.3) is 89.1 Å². The Kier molecular flexibility index (Phi) is 6.17. The lowest BCUT2D eigenvalue weighted by molar-refractivity contribution is 0.669. The van der Waals surface area contributed by atoms with Crippen LogP contribution in [0.15, 0.2) is 168 Å². The summed E-state index contributed by atoms with van der Waals surface area (Å²) in [6, 6.07) is 53.8. The Morgan fingerprint density at radius 2 is 0.979 bits per heavy atom. The molecule has 0 saturated carbocycles. The van der Waals surface area contributed by atoms with Crippen LogP contribution in [0.5, 0.6) is 0 Å². The Morgan fingerprint density at radius 1 is 0.404 bits per heavy atom. The van der Waals surface area contributed by atoms with Crippen LogP contribution in [-0.2, 0) is 0 Å². The summed E-state index contributed by atoms with van der Waals surface area (Å²) in [7, 11) is 0. The second kappa shape index (κ2) is 11.2. The van der Waals surface area contributed by atoms with Crippen LogP contribution in [-0.4, -0.2) is 15.0 Å². The Balaban J connectivity index is 1.17. The third-order valence-corrected chi connectivity index (χ3v) is 8.69. The minimum Gasteiger partial charge on any atom is -0.456 e. The highest BCUT2D eigenvalue weighted by atomic mass is 16.3. The lowest BCUT2D eigenvalue weighted by atomic mass is 9.99. The quantitative estimate of drug-likeness (QED) is 0.197. The number of benzene rings is 7. The van der Waals surface area contributed by atoms with E-state index in [-0.39, 0.29) is 0 Å². The first-order chi connectivity index (χ1) is 23.7. The van der Waals surface area contributed by atoms with Gasteiger partial charge in [-0.15, -0.1) is 0 Å². The zero-order valence-electron chi connectivity index (χ0n) is 26.3. The fraction of sp³-hybridized carbons (Fsp3) is 0. The van der Waals surface area contributed by atoms with Crippen molar-refractivity contribution in [1.29, 1.82) is 0 Å². The Hall–Kier alpha value is -6.39. The van der Waals surface area contributed by atoms with Gasteiger partial charge in [0.2, 0.25) is 0 Å². The van der Waals surface area contributed by atoms with Gasteiger partial charge in [0.15, 0.2) is 17.5 Å². The largest absolute Gasteiger partial charge is 0.456 e. The third kappa shape index (κ3) is 4.93. The van der Waals surface area contributed by atoms with Gasteiger partial charge in [-0.3, -0.25) is 0 Å². The fourth-order valence-corrected chi connectivity index (χ4v) is 6.28. The first-order valence-corrected chi connectivity index (χ1v) is 15.6. The van der Waals surface area contributed by atoms with Crippen molar-refractivity contribution < 1.29 is 5.79 Å². The standard InChI is InChI=1S/C43H27N3O/c1-2-9-28(10-3-1)30-17-19-31(20-18-30)32-21-24-33(25-22-32)41-44-42(35-26-23-29-11-4-5-12-34(29)27-35)46-43(45-41)37-14-8-16-39-40(37)36-13-6-7-15-38(36)47-39/h1-27H/i6D. The lowest BCUT2D eigenvalue weighted by Crippen LogP contribution is -2.00. The van der Waals surface area contributed by atoms with E-state index >= 15 is 0 Å². The first-order valence-electron chi connectivity index (χ1n) is 16.1. The average Bonchev–Trinajstić information content (AvgIpc) is 3.53. The van der Waals surface area contributed by atoms with Crippen molar-refractivity contribution in [1.82, 2.24) is 15.0 Å². The molecule has 2 heterocycles. The summed E-state index contributed by atoms with van der Waals surface area (Å²) in [4.78, 5) is 15.1. The van der Waals surface area contributed by atoms with Crippen molar-refractivity contribution >= 4 is 32.7 Å². The van der Waals surface area contributed by atoms with Crippen LogP contribution in [0.1, 0.15) is 1.37 Å². The molecule has 0 aliphatic carbocycles. The van der Waals surface area contributed by atoms with Crippen molar-refractivity contribution in [3.8, 4) is 56.4 Å². The molecule has 220 valence electrons. The van der Waals surface area contributed by atoms with Gasteiger partial charge in [-0.2, -0.15) is 0 Å². The summed E-state index contributed by atoms with van der Waals surface area (Å²) in [5.74, 6) is 1.72. The topological polar surface area (TPSA) is 51.8 Å². The number of fused-ring (bicyclic) bond motifs is 4. The third-order valence-electron chi connectivity index (χ3n) is 8.69. The maximum absolute atomic E-state index is 8.27. The van der Waals surface area contributed by atoms with Crippen LogP contribution >= 0.6 is 0 Å². The Bertz CT molecular complexity index is 2610. The summed E-state index contributed by atoms with van der Waals surface area (Å²) in [5, 5.41) is 4.03. The lowest BCUT2D eigenvalue weighted by Gasteiger charge is -2.10. The van der Waals surface area contributed by atoms with E-state index in [1.165, 1.54) is 11.1 Å². The zero-order chi connectivity index (χ0) is 32.0. The number of furan rings is 1. The van der Waals surface area contributed by atoms with E-state index in [4.69, 9.17) is 20.7 Å². The molecule has 0 radical (unpaired) electrons. The summed E-state index contributed by atoms with van der Waals surface area (Å²) in [6.07, 6.45) is 0. The SMILES string of the molecule is [2H]c1ccc2oc3cccc(-c4nc(-c5ccc(-c6ccc(-c7ccccc7)cc6)cc5)nc(-c5ccc6ccccc6c5)n4)c3c2c1. The molecule has 4 heteroatoms. The monoisotopic (exact) mass is 602 g/mol. The van der Waals surface area contributed by atoms with E-state index in [9.17, 15) is 0 Å². The van der Waals surface area contributed by atoms with Crippen molar-refractivity contribution in [2.24, 2.45) is 0 Å². The highest BCUT2D eigenvalue weighted by Crippen LogP contribution is 2.37. The van der Waals surface area contributed by atoms with E-state index in [1.807, 2.05) is 48.5 Å². The normalized spacial score (nSPS) is 11.7. The van der Waals surface area contributed by atoms with E-state index in [0.29, 0.717) is 23.5 Å². The molecule has 9 aromatic rings. The van der Waals surface area contributed by atoms with Crippen LogP contribution in [0.2, 0.25) is 0 Å². The van der Waals surface area contributed by atoms with E-state index in [0.717, 1.165) is 60.5 Å². The van der Waals surface area contributed by atoms with Gasteiger partial charge in [0.25, 0.3) is 0 Å². The van der Waals surface area contributed by atoms with Gasteiger partial charge in [0, 0.05) is 27.5 Å². The highest BCUT2D eigenvalue weighted by molar-refractivity contribution is 6.11. The molecule has 4 nitrogen and oxygen atoms in total. The molecule has 0 atom stereocenters. The molecule has 0 spiro atoms. The van der Waals surface area contributed by atoms with Crippen molar-refractivity contribution in [3.05, 3.63) is 164 Å². The maximum atomic E-state index is 8.27. The fourth-order valence-electron chi connectivity index (χ4n) is 6.28. The van der Waals surface area contributed by atoms with Crippen molar-refractivity contribution in [3.63, 3.8) is 0 Å². The van der Waals surface area contributed by atoms with Gasteiger partial charge in [-0.25, -0.2) is 15.0 Å². The smallest absolute Gasteiger partial charge is 0.164 e. The van der Waals surface area contributed by atoms with Gasteiger partial charge in [0.1, 0.15) is 11.2 Å². The van der Waals surface area contributed by atoms with Gasteiger partial charge in [0.05, 0.1) is 1.37 Å². The van der Waals surface area contributed by atoms with Crippen LogP contribution < -0.4 is 0 Å². The van der Waals surface area contributed by atoms with Crippen LogP contribution in [0.3, 0.4) is 0 Å². The minimum atomic E-state index is 0.419. The molecule has 0 bridgehead atoms. The zero-order valence-corrected chi connectivity index (χ0v) is 25.3. The highest BCUT2D eigenvalue weighted by Gasteiger charge is 2.18. The molecule has 0 N–H and O–H groups in total. The molecule has 0 aliphatic heterocycles. The van der Waals surface area contributed by atoms with Gasteiger partial charge >= 0.3 is 0 Å². The summed E-state index contributed by atoms with van der Waals surface area (Å²) < 4.78 is 14.5. The predicted molar refractivity (Wildman–Crippen MR) is 192 cm³/mol. The molecule has 0 saturated heterocycles. The minimum absolute atomic E-state index is 0.419. The number of hydrogen-bond donors (Lipinski definition) is 0. The van der Waals surface area contributed by atoms with Gasteiger partial charge < -0.3 is 4.42 Å². The van der Waals surface area contributed by atoms with Crippen molar-refractivity contribution in [2.45, 2.75) is 0 Å². The predicted octanol–water partition coefficient (Wildman–Crippen LogP) is 11.3. The second-order valence-corrected chi connectivity index (χ2v) is 11.6. The maximum Gasteiger partial charge on any atom is 0.164 e. The first kappa shape index (κ1) is 25.9.